The smallest absolute Gasteiger partial charge is 0.229 e. The number of carbonyl (C=O) groups excluding carboxylic acids is 1. The number of nitrogens with one attached hydrogen (secondary N) is 3. The highest BCUT2D eigenvalue weighted by Crippen LogP contribution is 2.33. The lowest BCUT2D eigenvalue weighted by molar-refractivity contribution is -0.123. The number of aryl methyl sites for hydroxylation is 1. The van der Waals surface area contributed by atoms with Gasteiger partial charge >= 0.3 is 0 Å². The molecule has 2 aromatic carbocycles. The van der Waals surface area contributed by atoms with Gasteiger partial charge in [-0.25, -0.2) is 22.8 Å². The highest BCUT2D eigenvalue weighted by Gasteiger charge is 2.22. The highest BCUT2D eigenvalue weighted by molar-refractivity contribution is 7.90. The van der Waals surface area contributed by atoms with Gasteiger partial charge in [0.2, 0.25) is 5.91 Å². The molecule has 0 aliphatic rings. The zero-order valence-corrected chi connectivity index (χ0v) is 25.4. The van der Waals surface area contributed by atoms with E-state index in [9.17, 15) is 17.6 Å². The van der Waals surface area contributed by atoms with Crippen LogP contribution in [-0.4, -0.2) is 56.5 Å². The van der Waals surface area contributed by atoms with Crippen LogP contribution >= 0.6 is 0 Å². The van der Waals surface area contributed by atoms with Crippen LogP contribution in [0.15, 0.2) is 67.1 Å². The molecule has 0 atom stereocenters. The van der Waals surface area contributed by atoms with Crippen molar-refractivity contribution in [1.82, 2.24) is 30.1 Å². The summed E-state index contributed by atoms with van der Waals surface area (Å²) in [5, 5.41) is 11.0. The van der Waals surface area contributed by atoms with Gasteiger partial charge in [-0.2, -0.15) is 5.10 Å². The van der Waals surface area contributed by atoms with Gasteiger partial charge in [0.15, 0.2) is 11.5 Å². The monoisotopic (exact) mass is 611 g/mol. The Kier molecular flexibility index (Phi) is 7.24. The van der Waals surface area contributed by atoms with E-state index in [0.717, 1.165) is 22.0 Å². The number of H-pyrrole nitrogens is 2. The number of para-hydroxylation sites is 1. The van der Waals surface area contributed by atoms with Crippen LogP contribution in [-0.2, 0) is 21.1 Å². The Labute approximate surface area is 253 Å². The van der Waals surface area contributed by atoms with Crippen LogP contribution in [0.2, 0.25) is 0 Å². The first-order chi connectivity index (χ1) is 20.8. The molecular formula is C32H30FN7O3S. The maximum atomic E-state index is 14.6. The molecule has 3 N–H and O–H groups in total. The lowest BCUT2D eigenvalue weighted by Gasteiger charge is -2.17. The maximum absolute atomic E-state index is 14.6. The number of aromatic nitrogens is 6. The van der Waals surface area contributed by atoms with Crippen molar-refractivity contribution in [2.75, 3.05) is 17.3 Å². The fraction of sp³-hybridized carbons (Fsp3) is 0.219. The lowest BCUT2D eigenvalue weighted by atomic mass is 9.95. The first kappa shape index (κ1) is 29.1. The number of sulfone groups is 1. The van der Waals surface area contributed by atoms with Crippen molar-refractivity contribution >= 4 is 43.5 Å². The summed E-state index contributed by atoms with van der Waals surface area (Å²) in [7, 11) is -3.19. The number of rotatable bonds is 7. The molecule has 224 valence electrons. The van der Waals surface area contributed by atoms with Crippen molar-refractivity contribution in [1.29, 1.82) is 0 Å². The SMILES string of the molecule is CC(C)(C)C(=O)Nc1cncc(-c2cnc3n[nH]c(-c4nc5c(-c6cc(F)cc(CCS(C)(=O)=O)c6)cccc5[nH]4)c3c2)c1. The van der Waals surface area contributed by atoms with E-state index < -0.39 is 21.1 Å². The zero-order valence-electron chi connectivity index (χ0n) is 24.6. The van der Waals surface area contributed by atoms with Crippen molar-refractivity contribution in [2.45, 2.75) is 27.2 Å². The van der Waals surface area contributed by atoms with Crippen molar-refractivity contribution in [3.8, 4) is 33.8 Å². The molecule has 0 spiro atoms. The second kappa shape index (κ2) is 10.9. The summed E-state index contributed by atoms with van der Waals surface area (Å²) in [6.07, 6.45) is 6.37. The van der Waals surface area contributed by atoms with E-state index in [1.54, 1.807) is 24.7 Å². The summed E-state index contributed by atoms with van der Waals surface area (Å²) in [5.74, 6) is -0.114. The van der Waals surface area contributed by atoms with Gasteiger partial charge in [-0.05, 0) is 47.9 Å². The average molecular weight is 612 g/mol. The standard InChI is InChI=1S/C32H30FN7O3S/c1-32(2,3)31(41)36-23-13-20(15-34-17-23)21-14-25-28(39-40-29(25)35-16-21)30-37-26-7-5-6-24(27(26)38-30)19-10-18(11-22(33)12-19)8-9-44(4,42)43/h5-7,10-17H,8-9H2,1-4H3,(H,36,41)(H,37,38)(H,35,39,40). The largest absolute Gasteiger partial charge is 0.337 e. The summed E-state index contributed by atoms with van der Waals surface area (Å²) >= 11 is 0. The van der Waals surface area contributed by atoms with E-state index in [1.807, 2.05) is 51.1 Å². The molecule has 0 bridgehead atoms. The predicted molar refractivity (Wildman–Crippen MR) is 169 cm³/mol. The summed E-state index contributed by atoms with van der Waals surface area (Å²) < 4.78 is 38.0. The number of hydrogen-bond acceptors (Lipinski definition) is 7. The molecule has 1 amide bonds. The van der Waals surface area contributed by atoms with Gasteiger partial charge in [-0.1, -0.05) is 39.0 Å². The minimum Gasteiger partial charge on any atom is -0.337 e. The summed E-state index contributed by atoms with van der Waals surface area (Å²) in [6, 6.07) is 13.9. The summed E-state index contributed by atoms with van der Waals surface area (Å²) in [4.78, 5) is 29.5. The molecule has 4 aromatic heterocycles. The van der Waals surface area contributed by atoms with E-state index in [0.29, 0.717) is 45.1 Å². The van der Waals surface area contributed by atoms with Crippen molar-refractivity contribution in [3.63, 3.8) is 0 Å². The number of hydrogen-bond donors (Lipinski definition) is 3. The molecule has 6 aromatic rings. The van der Waals surface area contributed by atoms with E-state index in [-0.39, 0.29) is 18.1 Å². The van der Waals surface area contributed by atoms with Crippen LogP contribution in [0.4, 0.5) is 10.1 Å². The molecule has 44 heavy (non-hydrogen) atoms. The van der Waals surface area contributed by atoms with Gasteiger partial charge in [0, 0.05) is 40.8 Å². The summed E-state index contributed by atoms with van der Waals surface area (Å²) in [6.45, 7) is 5.53. The minimum atomic E-state index is -3.19. The highest BCUT2D eigenvalue weighted by atomic mass is 32.2. The van der Waals surface area contributed by atoms with Gasteiger partial charge in [0.05, 0.1) is 34.1 Å². The van der Waals surface area contributed by atoms with Gasteiger partial charge in [0.1, 0.15) is 21.3 Å². The molecule has 10 nitrogen and oxygen atoms in total. The first-order valence-electron chi connectivity index (χ1n) is 13.9. The second-order valence-electron chi connectivity index (χ2n) is 11.9. The molecule has 0 fully saturated rings. The van der Waals surface area contributed by atoms with E-state index >= 15 is 0 Å². The van der Waals surface area contributed by atoms with Gasteiger partial charge < -0.3 is 10.3 Å². The Morgan fingerprint density at radius 2 is 1.80 bits per heavy atom. The van der Waals surface area contributed by atoms with Crippen molar-refractivity contribution in [3.05, 3.63) is 78.5 Å². The number of anilines is 1. The molecular weight excluding hydrogens is 581 g/mol. The van der Waals surface area contributed by atoms with Gasteiger partial charge in [0.25, 0.3) is 0 Å². The van der Waals surface area contributed by atoms with Crippen LogP contribution < -0.4 is 5.32 Å². The van der Waals surface area contributed by atoms with Crippen molar-refractivity contribution < 1.29 is 17.6 Å². The molecule has 0 radical (unpaired) electrons. The van der Waals surface area contributed by atoms with Crippen molar-refractivity contribution in [2.24, 2.45) is 5.41 Å². The molecule has 12 heteroatoms. The third kappa shape index (κ3) is 6.06. The molecule has 0 unspecified atom stereocenters. The molecule has 0 saturated heterocycles. The second-order valence-corrected chi connectivity index (χ2v) is 14.1. The van der Waals surface area contributed by atoms with Gasteiger partial charge in [-0.15, -0.1) is 0 Å². The van der Waals surface area contributed by atoms with Crippen LogP contribution in [0.25, 0.3) is 55.8 Å². The number of aromatic amines is 2. The Morgan fingerprint density at radius 3 is 2.57 bits per heavy atom. The fourth-order valence-electron chi connectivity index (χ4n) is 4.86. The van der Waals surface area contributed by atoms with Crippen LogP contribution in [0.5, 0.6) is 0 Å². The Balaban J connectivity index is 1.37. The average Bonchev–Trinajstić information content (AvgIpc) is 3.59. The zero-order chi connectivity index (χ0) is 31.2. The molecule has 4 heterocycles. The van der Waals surface area contributed by atoms with Gasteiger partial charge in [-0.3, -0.25) is 14.9 Å². The minimum absolute atomic E-state index is 0.0680. The lowest BCUT2D eigenvalue weighted by Crippen LogP contribution is -2.27. The van der Waals surface area contributed by atoms with Crippen LogP contribution in [0, 0.1) is 11.2 Å². The molecule has 0 saturated carbocycles. The molecule has 6 rings (SSSR count). The fourth-order valence-corrected chi connectivity index (χ4v) is 5.47. The molecule has 0 aliphatic carbocycles. The number of nitrogens with zero attached hydrogens (tertiary/aromatic N) is 4. The Morgan fingerprint density at radius 1 is 1.00 bits per heavy atom. The number of benzene rings is 2. The quantitative estimate of drug-likeness (QED) is 0.202. The number of fused-ring (bicyclic) bond motifs is 2. The predicted octanol–water partition coefficient (Wildman–Crippen LogP) is 5.94. The Bertz CT molecular complexity index is 2160. The third-order valence-corrected chi connectivity index (χ3v) is 8.15. The summed E-state index contributed by atoms with van der Waals surface area (Å²) in [5.41, 5.74) is 5.94. The number of pyridine rings is 2. The first-order valence-corrected chi connectivity index (χ1v) is 16.0. The maximum Gasteiger partial charge on any atom is 0.229 e. The van der Waals surface area contributed by atoms with E-state index in [4.69, 9.17) is 4.98 Å². The van der Waals surface area contributed by atoms with E-state index in [1.165, 1.54) is 18.4 Å². The number of carbonyl (C=O) groups is 1. The number of imidazole rings is 1. The molecule has 0 aliphatic heterocycles. The number of amides is 1. The van der Waals surface area contributed by atoms with Crippen LogP contribution in [0.3, 0.4) is 0 Å². The normalized spacial score (nSPS) is 12.2. The number of halogens is 1. The van der Waals surface area contributed by atoms with E-state index in [2.05, 4.69) is 30.5 Å². The third-order valence-electron chi connectivity index (χ3n) is 7.20. The topological polar surface area (TPSA) is 146 Å². The van der Waals surface area contributed by atoms with Crippen LogP contribution in [0.1, 0.15) is 26.3 Å². The Hall–Kier alpha value is -4.97.